The number of halogens is 1. The van der Waals surface area contributed by atoms with Crippen LogP contribution in [-0.4, -0.2) is 58.7 Å². The third kappa shape index (κ3) is 3.48. The van der Waals surface area contributed by atoms with E-state index in [4.69, 9.17) is 0 Å². The van der Waals surface area contributed by atoms with E-state index in [1.807, 2.05) is 34.7 Å². The number of aromatic nitrogens is 4. The van der Waals surface area contributed by atoms with Crippen molar-refractivity contribution < 1.29 is 12.8 Å². The summed E-state index contributed by atoms with van der Waals surface area (Å²) in [6.07, 6.45) is 3.52. The summed E-state index contributed by atoms with van der Waals surface area (Å²) in [5.74, 6) is 1.73. The lowest BCUT2D eigenvalue weighted by atomic mass is 10.3. The molecular formula is C18H19FN6O2S. The van der Waals surface area contributed by atoms with Crippen LogP contribution in [0, 0.1) is 12.7 Å². The molecule has 0 aliphatic carbocycles. The maximum Gasteiger partial charge on any atom is 0.243 e. The van der Waals surface area contributed by atoms with Gasteiger partial charge in [-0.25, -0.2) is 17.8 Å². The van der Waals surface area contributed by atoms with Crippen LogP contribution in [0.1, 0.15) is 5.82 Å². The molecule has 1 aromatic carbocycles. The van der Waals surface area contributed by atoms with Crippen molar-refractivity contribution in [1.29, 1.82) is 0 Å². The van der Waals surface area contributed by atoms with E-state index in [0.717, 1.165) is 18.0 Å². The van der Waals surface area contributed by atoms with Gasteiger partial charge in [-0.2, -0.15) is 4.31 Å². The Kier molecular flexibility index (Phi) is 4.82. The number of nitrogens with zero attached hydrogens (tertiary/aromatic N) is 6. The molecular weight excluding hydrogens is 383 g/mol. The first kappa shape index (κ1) is 18.5. The summed E-state index contributed by atoms with van der Waals surface area (Å²) in [7, 11) is -3.63. The number of sulfonamides is 1. The first-order valence-electron chi connectivity index (χ1n) is 8.80. The highest BCUT2D eigenvalue weighted by atomic mass is 32.2. The standard InChI is InChI=1S/C18H19FN6O2S/c1-14-20-8-9-25(14)18-7-6-17(21-22-18)23-10-12-24(13-11-23)28(26,27)16-4-2-15(19)3-5-16/h2-9H,10-13H2,1H3. The summed E-state index contributed by atoms with van der Waals surface area (Å²) < 4.78 is 41.7. The second-order valence-corrected chi connectivity index (χ2v) is 8.38. The third-order valence-corrected chi connectivity index (χ3v) is 6.64. The van der Waals surface area contributed by atoms with Gasteiger partial charge in [0.1, 0.15) is 11.6 Å². The topological polar surface area (TPSA) is 84.2 Å². The van der Waals surface area contributed by atoms with Crippen molar-refractivity contribution in [2.75, 3.05) is 31.1 Å². The largest absolute Gasteiger partial charge is 0.352 e. The average Bonchev–Trinajstić information content (AvgIpc) is 3.14. The van der Waals surface area contributed by atoms with Gasteiger partial charge in [-0.1, -0.05) is 0 Å². The van der Waals surface area contributed by atoms with E-state index in [-0.39, 0.29) is 4.90 Å². The lowest BCUT2D eigenvalue weighted by Crippen LogP contribution is -2.49. The van der Waals surface area contributed by atoms with Crippen molar-refractivity contribution in [2.24, 2.45) is 0 Å². The molecule has 3 heterocycles. The number of anilines is 1. The minimum Gasteiger partial charge on any atom is -0.352 e. The van der Waals surface area contributed by atoms with Crippen LogP contribution in [-0.2, 0) is 10.0 Å². The summed E-state index contributed by atoms with van der Waals surface area (Å²) in [6.45, 7) is 3.53. The summed E-state index contributed by atoms with van der Waals surface area (Å²) >= 11 is 0. The van der Waals surface area contributed by atoms with Gasteiger partial charge in [0.15, 0.2) is 11.6 Å². The van der Waals surface area contributed by atoms with E-state index in [0.29, 0.717) is 37.8 Å². The van der Waals surface area contributed by atoms with E-state index in [9.17, 15) is 12.8 Å². The second-order valence-electron chi connectivity index (χ2n) is 6.44. The quantitative estimate of drug-likeness (QED) is 0.659. The minimum atomic E-state index is -3.63. The highest BCUT2D eigenvalue weighted by molar-refractivity contribution is 7.89. The van der Waals surface area contributed by atoms with Crippen LogP contribution >= 0.6 is 0 Å². The fourth-order valence-electron chi connectivity index (χ4n) is 3.15. The first-order chi connectivity index (χ1) is 13.4. The number of piperazine rings is 1. The summed E-state index contributed by atoms with van der Waals surface area (Å²) in [5, 5.41) is 8.52. The van der Waals surface area contributed by atoms with Crippen LogP contribution in [0.2, 0.25) is 0 Å². The normalized spacial score (nSPS) is 15.7. The number of imidazole rings is 1. The van der Waals surface area contributed by atoms with Crippen LogP contribution in [0.25, 0.3) is 5.82 Å². The van der Waals surface area contributed by atoms with Crippen molar-refractivity contribution >= 4 is 15.8 Å². The van der Waals surface area contributed by atoms with Crippen LogP contribution in [0.5, 0.6) is 0 Å². The van der Waals surface area contributed by atoms with Crippen molar-refractivity contribution in [3.8, 4) is 5.82 Å². The van der Waals surface area contributed by atoms with Crippen LogP contribution in [0.4, 0.5) is 10.2 Å². The SMILES string of the molecule is Cc1nccn1-c1ccc(N2CCN(S(=O)(=O)c3ccc(F)cc3)CC2)nn1. The molecule has 146 valence electrons. The molecule has 0 radical (unpaired) electrons. The zero-order valence-electron chi connectivity index (χ0n) is 15.2. The fraction of sp³-hybridized carbons (Fsp3) is 0.278. The molecule has 0 saturated carbocycles. The maximum atomic E-state index is 13.1. The van der Waals surface area contributed by atoms with Crippen molar-refractivity contribution in [1.82, 2.24) is 24.1 Å². The molecule has 0 N–H and O–H groups in total. The molecule has 1 fully saturated rings. The Morgan fingerprint density at radius 1 is 0.929 bits per heavy atom. The molecule has 1 aliphatic rings. The Bertz CT molecular complexity index is 1060. The summed E-state index contributed by atoms with van der Waals surface area (Å²) in [4.78, 5) is 6.26. The first-order valence-corrected chi connectivity index (χ1v) is 10.2. The van der Waals surface area contributed by atoms with Crippen LogP contribution in [0.3, 0.4) is 0 Å². The molecule has 0 unspecified atom stereocenters. The molecule has 0 atom stereocenters. The predicted octanol–water partition coefficient (Wildman–Crippen LogP) is 1.62. The number of hydrogen-bond acceptors (Lipinski definition) is 6. The summed E-state index contributed by atoms with van der Waals surface area (Å²) in [6, 6.07) is 8.62. The Morgan fingerprint density at radius 3 is 2.14 bits per heavy atom. The Balaban J connectivity index is 1.44. The van der Waals surface area contributed by atoms with E-state index < -0.39 is 15.8 Å². The van der Waals surface area contributed by atoms with E-state index in [1.165, 1.54) is 16.4 Å². The van der Waals surface area contributed by atoms with Gasteiger partial charge in [0, 0.05) is 38.6 Å². The summed E-state index contributed by atoms with van der Waals surface area (Å²) in [5.41, 5.74) is 0. The lowest BCUT2D eigenvalue weighted by Gasteiger charge is -2.34. The number of rotatable bonds is 4. The van der Waals surface area contributed by atoms with Crippen LogP contribution in [0.15, 0.2) is 53.7 Å². The molecule has 28 heavy (non-hydrogen) atoms. The smallest absolute Gasteiger partial charge is 0.243 e. The van der Waals surface area contributed by atoms with Gasteiger partial charge in [-0.05, 0) is 43.3 Å². The van der Waals surface area contributed by atoms with Crippen molar-refractivity contribution in [3.05, 3.63) is 60.4 Å². The Morgan fingerprint density at radius 2 is 1.57 bits per heavy atom. The van der Waals surface area contributed by atoms with Crippen LogP contribution < -0.4 is 4.90 Å². The van der Waals surface area contributed by atoms with Crippen molar-refractivity contribution in [3.63, 3.8) is 0 Å². The molecule has 0 spiro atoms. The van der Waals surface area contributed by atoms with E-state index in [2.05, 4.69) is 15.2 Å². The van der Waals surface area contributed by atoms with Gasteiger partial charge in [-0.3, -0.25) is 4.57 Å². The van der Waals surface area contributed by atoms with Gasteiger partial charge in [0.05, 0.1) is 4.90 Å². The van der Waals surface area contributed by atoms with E-state index in [1.54, 1.807) is 6.20 Å². The number of aryl methyl sites for hydroxylation is 1. The van der Waals surface area contributed by atoms with Gasteiger partial charge >= 0.3 is 0 Å². The minimum absolute atomic E-state index is 0.0993. The molecule has 4 rings (SSSR count). The molecule has 3 aromatic rings. The molecule has 1 aliphatic heterocycles. The van der Waals surface area contributed by atoms with Gasteiger partial charge in [-0.15, -0.1) is 10.2 Å². The second kappa shape index (κ2) is 7.28. The molecule has 0 bridgehead atoms. The van der Waals surface area contributed by atoms with Gasteiger partial charge in [0.2, 0.25) is 10.0 Å². The number of benzene rings is 1. The monoisotopic (exact) mass is 402 g/mol. The Labute approximate surface area is 162 Å². The van der Waals surface area contributed by atoms with Gasteiger partial charge in [0.25, 0.3) is 0 Å². The average molecular weight is 402 g/mol. The highest BCUT2D eigenvalue weighted by Crippen LogP contribution is 2.20. The zero-order chi connectivity index (χ0) is 19.7. The molecule has 8 nitrogen and oxygen atoms in total. The third-order valence-electron chi connectivity index (χ3n) is 4.72. The molecule has 0 amide bonds. The molecule has 1 saturated heterocycles. The number of hydrogen-bond donors (Lipinski definition) is 0. The van der Waals surface area contributed by atoms with Gasteiger partial charge < -0.3 is 4.90 Å². The predicted molar refractivity (Wildman–Crippen MR) is 101 cm³/mol. The highest BCUT2D eigenvalue weighted by Gasteiger charge is 2.29. The maximum absolute atomic E-state index is 13.1. The van der Waals surface area contributed by atoms with Crippen molar-refractivity contribution in [2.45, 2.75) is 11.8 Å². The molecule has 2 aromatic heterocycles. The lowest BCUT2D eigenvalue weighted by molar-refractivity contribution is 0.383. The zero-order valence-corrected chi connectivity index (χ0v) is 16.0. The fourth-order valence-corrected chi connectivity index (χ4v) is 4.57. The Hall–Kier alpha value is -2.85. The molecule has 10 heteroatoms. The van der Waals surface area contributed by atoms with E-state index >= 15 is 0 Å².